The van der Waals surface area contributed by atoms with E-state index in [2.05, 4.69) is 17.2 Å². The van der Waals surface area contributed by atoms with Crippen LogP contribution >= 0.6 is 35.6 Å². The van der Waals surface area contributed by atoms with Crippen LogP contribution in [0.1, 0.15) is 50.3 Å². The number of carbonyl (C=O) groups is 2. The molecular formula is C28H34Cl3N3O4. The lowest BCUT2D eigenvalue weighted by molar-refractivity contribution is -0.124. The zero-order chi connectivity index (χ0) is 26.9. The number of unbranched alkanes of at least 4 members (excludes halogenated alkanes) is 3. The molecule has 0 fully saturated rings. The fraction of sp³-hybridized carbons (Fsp3) is 0.393. The van der Waals surface area contributed by atoms with E-state index in [1.807, 2.05) is 31.2 Å². The summed E-state index contributed by atoms with van der Waals surface area (Å²) in [6, 6.07) is 10.8. The number of benzene rings is 2. The number of hydrogen-bond donors (Lipinski definition) is 1. The average Bonchev–Trinajstić information content (AvgIpc) is 2.89. The van der Waals surface area contributed by atoms with Gasteiger partial charge in [-0.1, -0.05) is 55.5 Å². The molecule has 0 bridgehead atoms. The Morgan fingerprint density at radius 3 is 2.55 bits per heavy atom. The van der Waals surface area contributed by atoms with E-state index in [1.54, 1.807) is 26.3 Å². The van der Waals surface area contributed by atoms with E-state index < -0.39 is 0 Å². The van der Waals surface area contributed by atoms with Gasteiger partial charge in [-0.05, 0) is 37.6 Å². The van der Waals surface area contributed by atoms with Crippen molar-refractivity contribution in [1.82, 2.24) is 10.3 Å². The van der Waals surface area contributed by atoms with Gasteiger partial charge in [-0.15, -0.1) is 12.4 Å². The second kappa shape index (κ2) is 15.0. The Balaban J connectivity index is 0.00000507. The third-order valence-electron chi connectivity index (χ3n) is 6.08. The molecule has 0 saturated carbocycles. The fourth-order valence-corrected chi connectivity index (χ4v) is 4.56. The molecule has 0 spiro atoms. The molecule has 0 saturated heterocycles. The standard InChI is InChI=1S/C28H33Cl2N3O4.ClH/c1-5-6-7-8-12-25(34)31-16-26(35)33(3)22-14-13-21(29)20(27(22)30)17-37-23-11-9-10-19-24(36-4)15-18(2)32-28(19)23;/h9-11,13-15H,5-8,12,16-17H2,1-4H3,(H,31,34);1H. The van der Waals surface area contributed by atoms with Gasteiger partial charge in [-0.2, -0.15) is 0 Å². The molecule has 38 heavy (non-hydrogen) atoms. The van der Waals surface area contributed by atoms with Crippen molar-refractivity contribution >= 4 is 64.0 Å². The van der Waals surface area contributed by atoms with Gasteiger partial charge < -0.3 is 19.7 Å². The zero-order valence-corrected chi connectivity index (χ0v) is 24.4. The van der Waals surface area contributed by atoms with E-state index in [9.17, 15) is 9.59 Å². The SMILES string of the molecule is CCCCCCC(=O)NCC(=O)N(C)c1ccc(Cl)c(COc2cccc3c(OC)cc(C)nc23)c1Cl.Cl. The summed E-state index contributed by atoms with van der Waals surface area (Å²) in [6.07, 6.45) is 4.43. The summed E-state index contributed by atoms with van der Waals surface area (Å²) in [6.45, 7) is 3.96. The van der Waals surface area contributed by atoms with Crippen molar-refractivity contribution in [1.29, 1.82) is 0 Å². The zero-order valence-electron chi connectivity index (χ0n) is 22.1. The van der Waals surface area contributed by atoms with Crippen molar-refractivity contribution in [3.05, 3.63) is 57.7 Å². The molecule has 7 nitrogen and oxygen atoms in total. The Morgan fingerprint density at radius 2 is 1.84 bits per heavy atom. The van der Waals surface area contributed by atoms with Gasteiger partial charge >= 0.3 is 0 Å². The van der Waals surface area contributed by atoms with Crippen LogP contribution in [0.15, 0.2) is 36.4 Å². The van der Waals surface area contributed by atoms with Crippen molar-refractivity contribution < 1.29 is 19.1 Å². The third kappa shape index (κ3) is 7.88. The number of ether oxygens (including phenoxy) is 2. The number of halogens is 3. The summed E-state index contributed by atoms with van der Waals surface area (Å²) in [5, 5.41) is 4.24. The fourth-order valence-electron chi connectivity index (χ4n) is 3.95. The quantitative estimate of drug-likeness (QED) is 0.235. The molecule has 0 atom stereocenters. The first-order valence-corrected chi connectivity index (χ1v) is 13.1. The highest BCUT2D eigenvalue weighted by Gasteiger charge is 2.20. The maximum atomic E-state index is 12.8. The number of likely N-dealkylation sites (N-methyl/N-ethyl adjacent to an activating group) is 1. The molecule has 2 aromatic carbocycles. The number of amides is 2. The molecule has 0 unspecified atom stereocenters. The van der Waals surface area contributed by atoms with Crippen molar-refractivity contribution in [2.45, 2.75) is 52.6 Å². The molecular weight excluding hydrogens is 549 g/mol. The normalized spacial score (nSPS) is 10.6. The lowest BCUT2D eigenvalue weighted by Gasteiger charge is -2.21. The summed E-state index contributed by atoms with van der Waals surface area (Å²) in [5.74, 6) is 0.839. The topological polar surface area (TPSA) is 80.8 Å². The number of nitrogens with one attached hydrogen (secondary N) is 1. The molecule has 1 N–H and O–H groups in total. The number of nitrogens with zero attached hydrogens (tertiary/aromatic N) is 2. The molecule has 1 heterocycles. The van der Waals surface area contributed by atoms with Crippen LogP contribution in [0.2, 0.25) is 10.0 Å². The van der Waals surface area contributed by atoms with Gasteiger partial charge in [0.15, 0.2) is 0 Å². The molecule has 0 aliphatic carbocycles. The van der Waals surface area contributed by atoms with E-state index in [-0.39, 0.29) is 37.4 Å². The molecule has 1 aromatic heterocycles. The second-order valence-corrected chi connectivity index (χ2v) is 9.59. The van der Waals surface area contributed by atoms with E-state index in [0.29, 0.717) is 44.7 Å². The molecule has 206 valence electrons. The van der Waals surface area contributed by atoms with E-state index in [0.717, 1.165) is 36.8 Å². The van der Waals surface area contributed by atoms with Crippen LogP contribution in [-0.4, -0.2) is 37.5 Å². The Kier molecular flexibility index (Phi) is 12.4. The lowest BCUT2D eigenvalue weighted by atomic mass is 10.1. The number of anilines is 1. The van der Waals surface area contributed by atoms with E-state index in [4.69, 9.17) is 32.7 Å². The van der Waals surface area contributed by atoms with Crippen LogP contribution in [0.3, 0.4) is 0 Å². The van der Waals surface area contributed by atoms with Gasteiger partial charge in [0.05, 0.1) is 24.4 Å². The van der Waals surface area contributed by atoms with Crippen molar-refractivity contribution in [2.75, 3.05) is 25.6 Å². The summed E-state index contributed by atoms with van der Waals surface area (Å²) in [5.41, 5.74) is 2.48. The third-order valence-corrected chi connectivity index (χ3v) is 6.86. The first-order chi connectivity index (χ1) is 17.8. The first kappa shape index (κ1) is 31.5. The minimum absolute atomic E-state index is 0. The van der Waals surface area contributed by atoms with Gasteiger partial charge in [0.1, 0.15) is 23.6 Å². The number of carbonyl (C=O) groups excluding carboxylic acids is 2. The van der Waals surface area contributed by atoms with Crippen molar-refractivity contribution in [3.8, 4) is 11.5 Å². The molecule has 0 radical (unpaired) electrons. The van der Waals surface area contributed by atoms with Crippen molar-refractivity contribution in [3.63, 3.8) is 0 Å². The van der Waals surface area contributed by atoms with Crippen LogP contribution in [0.4, 0.5) is 5.69 Å². The van der Waals surface area contributed by atoms with E-state index >= 15 is 0 Å². The molecule has 0 aliphatic heterocycles. The number of aromatic nitrogens is 1. The molecule has 10 heteroatoms. The maximum absolute atomic E-state index is 12.8. The van der Waals surface area contributed by atoms with Gasteiger partial charge in [0, 0.05) is 41.2 Å². The van der Waals surface area contributed by atoms with Gasteiger partial charge in [-0.3, -0.25) is 9.59 Å². The summed E-state index contributed by atoms with van der Waals surface area (Å²) >= 11 is 13.1. The number of hydrogen-bond acceptors (Lipinski definition) is 5. The Morgan fingerprint density at radius 1 is 1.08 bits per heavy atom. The maximum Gasteiger partial charge on any atom is 0.246 e. The first-order valence-electron chi connectivity index (χ1n) is 12.3. The molecule has 0 aliphatic rings. The van der Waals surface area contributed by atoms with E-state index in [1.165, 1.54) is 4.90 Å². The largest absolute Gasteiger partial charge is 0.496 e. The number of para-hydroxylation sites is 1. The highest BCUT2D eigenvalue weighted by Crippen LogP contribution is 2.36. The van der Waals surface area contributed by atoms with Crippen LogP contribution in [-0.2, 0) is 16.2 Å². The van der Waals surface area contributed by atoms with Crippen molar-refractivity contribution in [2.24, 2.45) is 0 Å². The summed E-state index contributed by atoms with van der Waals surface area (Å²) < 4.78 is 11.6. The predicted molar refractivity (Wildman–Crippen MR) is 156 cm³/mol. The summed E-state index contributed by atoms with van der Waals surface area (Å²) in [4.78, 5) is 30.8. The highest BCUT2D eigenvalue weighted by atomic mass is 35.5. The minimum Gasteiger partial charge on any atom is -0.496 e. The Labute approximate surface area is 240 Å². The van der Waals surface area contributed by atoms with Crippen LogP contribution in [0.25, 0.3) is 10.9 Å². The predicted octanol–water partition coefficient (Wildman–Crippen LogP) is 6.91. The Hall–Kier alpha value is -2.74. The number of rotatable bonds is 12. The molecule has 3 rings (SSSR count). The average molecular weight is 583 g/mol. The van der Waals surface area contributed by atoms with Gasteiger partial charge in [-0.25, -0.2) is 4.98 Å². The Bertz CT molecular complexity index is 1270. The number of pyridine rings is 1. The van der Waals surface area contributed by atoms with Crippen LogP contribution in [0, 0.1) is 6.92 Å². The molecule has 2 amide bonds. The van der Waals surface area contributed by atoms with Gasteiger partial charge in [0.25, 0.3) is 0 Å². The smallest absolute Gasteiger partial charge is 0.246 e. The van der Waals surface area contributed by atoms with Gasteiger partial charge in [0.2, 0.25) is 11.8 Å². The summed E-state index contributed by atoms with van der Waals surface area (Å²) in [7, 11) is 3.22. The second-order valence-electron chi connectivity index (χ2n) is 8.81. The van der Waals surface area contributed by atoms with Crippen LogP contribution < -0.4 is 19.7 Å². The number of fused-ring (bicyclic) bond motifs is 1. The monoisotopic (exact) mass is 581 g/mol. The van der Waals surface area contributed by atoms with Crippen LogP contribution in [0.5, 0.6) is 11.5 Å². The number of methoxy groups -OCH3 is 1. The minimum atomic E-state index is -0.293. The lowest BCUT2D eigenvalue weighted by Crippen LogP contribution is -2.38. The number of aryl methyl sites for hydroxylation is 1. The molecule has 3 aromatic rings. The highest BCUT2D eigenvalue weighted by molar-refractivity contribution is 6.38.